The van der Waals surface area contributed by atoms with E-state index < -0.39 is 0 Å². The highest BCUT2D eigenvalue weighted by atomic mass is 16.1. The Hall–Kier alpha value is -1.29. The average molecular weight is 235 g/mol. The van der Waals surface area contributed by atoms with Gasteiger partial charge in [-0.15, -0.1) is 0 Å². The van der Waals surface area contributed by atoms with Crippen molar-refractivity contribution in [1.82, 2.24) is 15.1 Å². The van der Waals surface area contributed by atoms with Crippen LogP contribution in [0.3, 0.4) is 0 Å². The molecule has 1 saturated heterocycles. The molecule has 2 heterocycles. The maximum absolute atomic E-state index is 11.0. The van der Waals surface area contributed by atoms with Crippen molar-refractivity contribution in [2.24, 2.45) is 0 Å². The van der Waals surface area contributed by atoms with Gasteiger partial charge in [-0.3, -0.25) is 4.79 Å². The van der Waals surface area contributed by atoms with Crippen LogP contribution in [0.5, 0.6) is 0 Å². The van der Waals surface area contributed by atoms with Gasteiger partial charge < -0.3 is 15.1 Å². The summed E-state index contributed by atoms with van der Waals surface area (Å²) in [6.45, 7) is 4.70. The van der Waals surface area contributed by atoms with Crippen LogP contribution in [-0.4, -0.2) is 48.4 Å². The Morgan fingerprint density at radius 2 is 2.12 bits per heavy atom. The summed E-state index contributed by atoms with van der Waals surface area (Å²) < 4.78 is 0. The van der Waals surface area contributed by atoms with E-state index in [0.717, 1.165) is 25.3 Å². The fourth-order valence-corrected chi connectivity index (χ4v) is 2.46. The van der Waals surface area contributed by atoms with Crippen molar-refractivity contribution < 1.29 is 4.79 Å². The summed E-state index contributed by atoms with van der Waals surface area (Å²) >= 11 is 0. The lowest BCUT2D eigenvalue weighted by Gasteiger charge is -2.38. The van der Waals surface area contributed by atoms with Crippen LogP contribution in [-0.2, 0) is 4.79 Å². The van der Waals surface area contributed by atoms with E-state index in [1.807, 2.05) is 12.2 Å². The molecule has 0 unspecified atom stereocenters. The van der Waals surface area contributed by atoms with Gasteiger partial charge >= 0.3 is 0 Å². The van der Waals surface area contributed by atoms with Crippen molar-refractivity contribution in [1.29, 1.82) is 0 Å². The summed E-state index contributed by atoms with van der Waals surface area (Å²) in [7, 11) is 2.17. The third kappa shape index (κ3) is 3.33. The number of likely N-dealkylation sites (tertiary alicyclic amines) is 1. The smallest absolute Gasteiger partial charge is 0.221 e. The minimum absolute atomic E-state index is 0.00915. The van der Waals surface area contributed by atoms with Gasteiger partial charge in [0.05, 0.1) is 6.54 Å². The van der Waals surface area contributed by atoms with Crippen molar-refractivity contribution in [3.05, 3.63) is 24.0 Å². The predicted molar refractivity (Wildman–Crippen MR) is 68.3 cm³/mol. The zero-order valence-electron chi connectivity index (χ0n) is 10.6. The highest BCUT2D eigenvalue weighted by molar-refractivity contribution is 5.75. The Labute approximate surface area is 103 Å². The zero-order chi connectivity index (χ0) is 12.3. The van der Waals surface area contributed by atoms with Gasteiger partial charge in [0.1, 0.15) is 0 Å². The molecule has 0 atom stereocenters. The Balaban J connectivity index is 1.90. The predicted octanol–water partition coefficient (Wildman–Crippen LogP) is 0.930. The molecule has 0 aromatic carbocycles. The average Bonchev–Trinajstić information content (AvgIpc) is 2.29. The maximum atomic E-state index is 11.0. The van der Waals surface area contributed by atoms with Gasteiger partial charge in [0, 0.05) is 18.7 Å². The SMILES string of the molecule is CC(=O)NC1=CC=CN(C2CCN(C)CC2)C1. The first-order valence-corrected chi connectivity index (χ1v) is 6.24. The van der Waals surface area contributed by atoms with E-state index in [1.54, 1.807) is 6.92 Å². The van der Waals surface area contributed by atoms with Crippen LogP contribution in [0, 0.1) is 0 Å². The van der Waals surface area contributed by atoms with Crippen LogP contribution in [0.2, 0.25) is 0 Å². The second kappa shape index (κ2) is 5.36. The summed E-state index contributed by atoms with van der Waals surface area (Å²) in [4.78, 5) is 15.8. The van der Waals surface area contributed by atoms with Crippen molar-refractivity contribution in [2.75, 3.05) is 26.7 Å². The van der Waals surface area contributed by atoms with Gasteiger partial charge in [0.15, 0.2) is 0 Å². The Morgan fingerprint density at radius 1 is 1.41 bits per heavy atom. The minimum Gasteiger partial charge on any atom is -0.369 e. The van der Waals surface area contributed by atoms with E-state index in [2.05, 4.69) is 28.4 Å². The highest BCUT2D eigenvalue weighted by Crippen LogP contribution is 2.18. The van der Waals surface area contributed by atoms with Crippen LogP contribution in [0.25, 0.3) is 0 Å². The molecule has 94 valence electrons. The molecule has 1 amide bonds. The third-order valence-electron chi connectivity index (χ3n) is 3.42. The summed E-state index contributed by atoms with van der Waals surface area (Å²) in [5.74, 6) is 0.00915. The molecule has 0 aromatic rings. The van der Waals surface area contributed by atoms with E-state index in [1.165, 1.54) is 12.8 Å². The molecule has 1 N–H and O–H groups in total. The quantitative estimate of drug-likeness (QED) is 0.773. The molecule has 2 rings (SSSR count). The molecule has 4 heteroatoms. The number of piperidine rings is 1. The highest BCUT2D eigenvalue weighted by Gasteiger charge is 2.22. The minimum atomic E-state index is 0.00915. The van der Waals surface area contributed by atoms with Gasteiger partial charge in [-0.2, -0.15) is 0 Å². The van der Waals surface area contributed by atoms with Crippen molar-refractivity contribution in [3.8, 4) is 0 Å². The summed E-state index contributed by atoms with van der Waals surface area (Å²) in [5.41, 5.74) is 0.999. The number of amides is 1. The van der Waals surface area contributed by atoms with Crippen LogP contribution < -0.4 is 5.32 Å². The van der Waals surface area contributed by atoms with Crippen molar-refractivity contribution >= 4 is 5.91 Å². The molecule has 2 aliphatic heterocycles. The maximum Gasteiger partial charge on any atom is 0.221 e. The van der Waals surface area contributed by atoms with Crippen LogP contribution in [0.4, 0.5) is 0 Å². The van der Waals surface area contributed by atoms with E-state index in [4.69, 9.17) is 0 Å². The number of carbonyl (C=O) groups excluding carboxylic acids is 1. The first kappa shape index (κ1) is 12.2. The number of rotatable bonds is 2. The van der Waals surface area contributed by atoms with Crippen molar-refractivity contribution in [3.63, 3.8) is 0 Å². The number of hydrogen-bond acceptors (Lipinski definition) is 3. The fourth-order valence-electron chi connectivity index (χ4n) is 2.46. The largest absolute Gasteiger partial charge is 0.369 e. The van der Waals surface area contributed by atoms with E-state index in [9.17, 15) is 4.79 Å². The van der Waals surface area contributed by atoms with Gasteiger partial charge in [-0.05, 0) is 51.3 Å². The normalized spacial score (nSPS) is 22.5. The van der Waals surface area contributed by atoms with E-state index in [-0.39, 0.29) is 5.91 Å². The zero-order valence-corrected chi connectivity index (χ0v) is 10.6. The molecule has 0 spiro atoms. The lowest BCUT2D eigenvalue weighted by Crippen LogP contribution is -2.43. The van der Waals surface area contributed by atoms with Gasteiger partial charge in [-0.25, -0.2) is 0 Å². The summed E-state index contributed by atoms with van der Waals surface area (Å²) in [6, 6.07) is 0.611. The fraction of sp³-hybridized carbons (Fsp3) is 0.615. The first-order valence-electron chi connectivity index (χ1n) is 6.24. The first-order chi connectivity index (χ1) is 8.15. The van der Waals surface area contributed by atoms with Crippen molar-refractivity contribution in [2.45, 2.75) is 25.8 Å². The molecule has 0 aromatic heterocycles. The van der Waals surface area contributed by atoms with Crippen LogP contribution >= 0.6 is 0 Å². The van der Waals surface area contributed by atoms with Gasteiger partial charge in [-0.1, -0.05) is 0 Å². The molecular weight excluding hydrogens is 214 g/mol. The molecule has 2 aliphatic rings. The number of allylic oxidation sites excluding steroid dienone is 2. The number of nitrogens with one attached hydrogen (secondary N) is 1. The molecule has 4 nitrogen and oxygen atoms in total. The number of carbonyl (C=O) groups is 1. The van der Waals surface area contributed by atoms with Gasteiger partial charge in [0.2, 0.25) is 5.91 Å². The Morgan fingerprint density at radius 3 is 2.76 bits per heavy atom. The lowest BCUT2D eigenvalue weighted by atomic mass is 10.0. The molecule has 1 fully saturated rings. The molecule has 17 heavy (non-hydrogen) atoms. The summed E-state index contributed by atoms with van der Waals surface area (Å²) in [5, 5.41) is 2.88. The Bertz CT molecular complexity index is 341. The third-order valence-corrected chi connectivity index (χ3v) is 3.42. The number of hydrogen-bond donors (Lipinski definition) is 1. The second-order valence-corrected chi connectivity index (χ2v) is 4.92. The monoisotopic (exact) mass is 235 g/mol. The molecular formula is C13H21N3O. The van der Waals surface area contributed by atoms with E-state index in [0.29, 0.717) is 6.04 Å². The topological polar surface area (TPSA) is 35.6 Å². The molecule has 0 bridgehead atoms. The molecule has 0 saturated carbocycles. The number of nitrogens with zero attached hydrogens (tertiary/aromatic N) is 2. The summed E-state index contributed by atoms with van der Waals surface area (Å²) in [6.07, 6.45) is 8.55. The van der Waals surface area contributed by atoms with Gasteiger partial charge in [0.25, 0.3) is 0 Å². The standard InChI is InChI=1S/C13H21N3O/c1-11(17)14-12-4-3-7-16(10-12)13-5-8-15(2)9-6-13/h3-4,7,13H,5-6,8-10H2,1-2H3,(H,14,17). The van der Waals surface area contributed by atoms with Crippen LogP contribution in [0.1, 0.15) is 19.8 Å². The second-order valence-electron chi connectivity index (χ2n) is 4.92. The Kier molecular flexibility index (Phi) is 3.84. The molecule has 0 aliphatic carbocycles. The van der Waals surface area contributed by atoms with E-state index >= 15 is 0 Å². The molecule has 0 radical (unpaired) electrons. The lowest BCUT2D eigenvalue weighted by molar-refractivity contribution is -0.118. The van der Waals surface area contributed by atoms with Crippen LogP contribution in [0.15, 0.2) is 24.0 Å².